The van der Waals surface area contributed by atoms with Crippen LogP contribution in [0.25, 0.3) is 0 Å². The lowest BCUT2D eigenvalue weighted by Gasteiger charge is -2.31. The van der Waals surface area contributed by atoms with Crippen molar-refractivity contribution in [3.05, 3.63) is 21.9 Å². The number of hydrogen-bond acceptors (Lipinski definition) is 5. The van der Waals surface area contributed by atoms with Gasteiger partial charge in [-0.1, -0.05) is 11.8 Å². The quantitative estimate of drug-likeness (QED) is 0.797. The molecule has 0 aliphatic carbocycles. The molecule has 20 heavy (non-hydrogen) atoms. The van der Waals surface area contributed by atoms with Crippen LogP contribution >= 0.6 is 11.3 Å². The second kappa shape index (κ2) is 8.40. The van der Waals surface area contributed by atoms with E-state index in [-0.39, 0.29) is 6.61 Å². The Kier molecular flexibility index (Phi) is 6.51. The molecule has 3 N–H and O–H groups in total. The fraction of sp³-hybridized carbons (Fsp3) is 0.600. The summed E-state index contributed by atoms with van der Waals surface area (Å²) in [6.07, 6.45) is 2.41. The van der Waals surface area contributed by atoms with E-state index in [2.05, 4.69) is 28.2 Å². The highest BCUT2D eigenvalue weighted by Gasteiger charge is 2.19. The van der Waals surface area contributed by atoms with Gasteiger partial charge in [0.2, 0.25) is 0 Å². The lowest BCUT2D eigenvalue weighted by Crippen LogP contribution is -2.36. The van der Waals surface area contributed by atoms with Crippen LogP contribution < -0.4 is 5.73 Å². The summed E-state index contributed by atoms with van der Waals surface area (Å²) in [5.41, 5.74) is 6.44. The Morgan fingerprint density at radius 3 is 2.95 bits per heavy atom. The van der Waals surface area contributed by atoms with E-state index >= 15 is 0 Å². The molecule has 0 saturated carbocycles. The van der Waals surface area contributed by atoms with Crippen LogP contribution in [0.15, 0.2) is 11.4 Å². The monoisotopic (exact) mass is 294 g/mol. The van der Waals surface area contributed by atoms with E-state index in [4.69, 9.17) is 15.6 Å². The predicted molar refractivity (Wildman–Crippen MR) is 81.6 cm³/mol. The summed E-state index contributed by atoms with van der Waals surface area (Å²) in [4.78, 5) is 3.80. The number of hydrogen-bond donors (Lipinski definition) is 2. The second-order valence-corrected chi connectivity index (χ2v) is 5.87. The molecule has 0 spiro atoms. The van der Waals surface area contributed by atoms with Gasteiger partial charge in [-0.2, -0.15) is 0 Å². The van der Waals surface area contributed by atoms with E-state index in [0.717, 1.165) is 38.0 Å². The van der Waals surface area contributed by atoms with Crippen molar-refractivity contribution in [3.63, 3.8) is 0 Å². The van der Waals surface area contributed by atoms with Gasteiger partial charge in [-0.15, -0.1) is 11.3 Å². The third-order valence-corrected chi connectivity index (χ3v) is 4.27. The van der Waals surface area contributed by atoms with Gasteiger partial charge in [-0.25, -0.2) is 0 Å². The van der Waals surface area contributed by atoms with Crippen LogP contribution in [0.4, 0.5) is 0 Å². The lowest BCUT2D eigenvalue weighted by molar-refractivity contribution is -0.00886. The molecule has 1 aromatic heterocycles. The van der Waals surface area contributed by atoms with E-state index < -0.39 is 0 Å². The fourth-order valence-electron chi connectivity index (χ4n) is 2.36. The minimum atomic E-state index is 0.113. The van der Waals surface area contributed by atoms with Crippen molar-refractivity contribution in [1.82, 2.24) is 4.90 Å². The van der Waals surface area contributed by atoms with Crippen LogP contribution in [0, 0.1) is 11.8 Å². The number of nitrogens with two attached hydrogens (primary N) is 1. The first-order valence-electron chi connectivity index (χ1n) is 7.03. The molecule has 1 aromatic rings. The Balaban J connectivity index is 1.76. The second-order valence-electron chi connectivity index (χ2n) is 4.88. The van der Waals surface area contributed by atoms with Crippen LogP contribution in [0.2, 0.25) is 0 Å². The van der Waals surface area contributed by atoms with Crippen molar-refractivity contribution in [1.29, 1.82) is 0 Å². The highest BCUT2D eigenvalue weighted by Crippen LogP contribution is 2.20. The van der Waals surface area contributed by atoms with Gasteiger partial charge in [0.1, 0.15) is 0 Å². The Morgan fingerprint density at radius 2 is 2.25 bits per heavy atom. The summed E-state index contributed by atoms with van der Waals surface area (Å²) in [5, 5.41) is 10.8. The number of aliphatic hydroxyl groups excluding tert-OH is 1. The third-order valence-electron chi connectivity index (χ3n) is 3.35. The van der Waals surface area contributed by atoms with Crippen LogP contribution in [-0.4, -0.2) is 49.0 Å². The maximum atomic E-state index is 8.75. The highest BCUT2D eigenvalue weighted by atomic mass is 32.1. The van der Waals surface area contributed by atoms with Gasteiger partial charge in [0.25, 0.3) is 0 Å². The molecule has 1 aliphatic heterocycles. The van der Waals surface area contributed by atoms with Gasteiger partial charge in [0.15, 0.2) is 0 Å². The van der Waals surface area contributed by atoms with Crippen LogP contribution in [0.1, 0.15) is 23.3 Å². The minimum Gasteiger partial charge on any atom is -0.394 e. The lowest BCUT2D eigenvalue weighted by atomic mass is 10.1. The van der Waals surface area contributed by atoms with E-state index in [9.17, 15) is 0 Å². The van der Waals surface area contributed by atoms with E-state index in [0.29, 0.717) is 19.3 Å². The standard InChI is InChI=1S/C15H22N2O2S/c16-5-1-2-13-10-15(20-12-13)11-17-6-3-14(4-7-17)19-9-8-18/h10,12,14,18H,3-9,11,16H2. The van der Waals surface area contributed by atoms with Crippen LogP contribution in [-0.2, 0) is 11.3 Å². The number of thiophene rings is 1. The molecule has 110 valence electrons. The molecule has 2 heterocycles. The van der Waals surface area contributed by atoms with Crippen molar-refractivity contribution in [2.24, 2.45) is 5.73 Å². The number of rotatable bonds is 5. The molecule has 4 nitrogen and oxygen atoms in total. The van der Waals surface area contributed by atoms with Crippen molar-refractivity contribution in [3.8, 4) is 11.8 Å². The van der Waals surface area contributed by atoms with E-state index in [1.807, 2.05) is 0 Å². The summed E-state index contributed by atoms with van der Waals surface area (Å²) in [5.74, 6) is 5.95. The first kappa shape index (κ1) is 15.5. The largest absolute Gasteiger partial charge is 0.394 e. The number of nitrogens with zero attached hydrogens (tertiary/aromatic N) is 1. The topological polar surface area (TPSA) is 58.7 Å². The Hall–Kier alpha value is -0.900. The molecule has 2 rings (SSSR count). The maximum Gasteiger partial charge on any atom is 0.0701 e. The average molecular weight is 294 g/mol. The number of ether oxygens (including phenoxy) is 1. The molecule has 1 aliphatic rings. The van der Waals surface area contributed by atoms with Crippen LogP contribution in [0.3, 0.4) is 0 Å². The molecule has 0 atom stereocenters. The molecular weight excluding hydrogens is 272 g/mol. The van der Waals surface area contributed by atoms with Crippen molar-refractivity contribution in [2.75, 3.05) is 32.8 Å². The number of aliphatic hydroxyl groups is 1. The number of piperidine rings is 1. The smallest absolute Gasteiger partial charge is 0.0701 e. The molecule has 0 amide bonds. The SMILES string of the molecule is NCC#Cc1csc(CN2CCC(OCCO)CC2)c1. The molecular formula is C15H22N2O2S. The van der Waals surface area contributed by atoms with Gasteiger partial charge in [-0.3, -0.25) is 4.90 Å². The maximum absolute atomic E-state index is 8.75. The van der Waals surface area contributed by atoms with Gasteiger partial charge in [0, 0.05) is 35.5 Å². The third kappa shape index (κ3) is 4.89. The van der Waals surface area contributed by atoms with Gasteiger partial charge in [0.05, 0.1) is 25.9 Å². The minimum absolute atomic E-state index is 0.113. The first-order chi connectivity index (χ1) is 9.81. The van der Waals surface area contributed by atoms with Crippen molar-refractivity contribution in [2.45, 2.75) is 25.5 Å². The average Bonchev–Trinajstić information content (AvgIpc) is 2.92. The Labute approximate surface area is 124 Å². The van der Waals surface area contributed by atoms with E-state index in [1.54, 1.807) is 11.3 Å². The molecule has 0 aromatic carbocycles. The van der Waals surface area contributed by atoms with E-state index in [1.165, 1.54) is 4.88 Å². The van der Waals surface area contributed by atoms with Gasteiger partial charge >= 0.3 is 0 Å². The summed E-state index contributed by atoms with van der Waals surface area (Å²) in [6, 6.07) is 2.15. The Bertz CT molecular complexity index is 456. The molecule has 0 bridgehead atoms. The summed E-state index contributed by atoms with van der Waals surface area (Å²) < 4.78 is 5.57. The van der Waals surface area contributed by atoms with Gasteiger partial charge in [-0.05, 0) is 18.9 Å². The molecule has 1 fully saturated rings. The normalized spacial score (nSPS) is 16.9. The fourth-order valence-corrected chi connectivity index (χ4v) is 3.21. The highest BCUT2D eigenvalue weighted by molar-refractivity contribution is 7.10. The summed E-state index contributed by atoms with van der Waals surface area (Å²) in [6.45, 7) is 4.07. The first-order valence-corrected chi connectivity index (χ1v) is 7.91. The molecule has 1 saturated heterocycles. The summed E-state index contributed by atoms with van der Waals surface area (Å²) >= 11 is 1.76. The van der Waals surface area contributed by atoms with Crippen molar-refractivity contribution < 1.29 is 9.84 Å². The predicted octanol–water partition coefficient (Wildman–Crippen LogP) is 1.03. The zero-order valence-corrected chi connectivity index (χ0v) is 12.5. The summed E-state index contributed by atoms with van der Waals surface area (Å²) in [7, 11) is 0. The zero-order valence-electron chi connectivity index (χ0n) is 11.7. The number of likely N-dealkylation sites (tertiary alicyclic amines) is 1. The zero-order chi connectivity index (χ0) is 14.2. The van der Waals surface area contributed by atoms with Crippen molar-refractivity contribution >= 4 is 11.3 Å². The van der Waals surface area contributed by atoms with Gasteiger partial charge < -0.3 is 15.6 Å². The molecule has 5 heteroatoms. The molecule has 0 radical (unpaired) electrons. The van der Waals surface area contributed by atoms with Crippen LogP contribution in [0.5, 0.6) is 0 Å². The Morgan fingerprint density at radius 1 is 1.45 bits per heavy atom. The molecule has 0 unspecified atom stereocenters.